The molecule has 3 aliphatic carbocycles. The van der Waals surface area contributed by atoms with Gasteiger partial charge in [-0.25, -0.2) is 9.98 Å². The minimum absolute atomic E-state index is 0.437. The first kappa shape index (κ1) is 26.9. The standard InChI is InChI=1S/C31H40Cl2N6/c1-18-17-39(12-11-34-18)30(38-27-14-21-13-24(19(27)2)31(21,3)4)35-23-8-9-26-28(16-23)37-29(36-26)10-6-20-5-7-22(32)15-25(20)33/h5,7-9,15-16,18-19,21,24,27,34H,6,10-14,17H2,1-4H3,(H,35,38)(H,36,37)/t18-,19+,21-,24-,27-/m0/s1. The van der Waals surface area contributed by atoms with Crippen LogP contribution in [-0.4, -0.2) is 52.5 Å². The molecule has 0 spiro atoms. The molecule has 2 heterocycles. The van der Waals surface area contributed by atoms with Gasteiger partial charge in [0.05, 0.1) is 16.7 Å². The van der Waals surface area contributed by atoms with Gasteiger partial charge in [0.1, 0.15) is 5.82 Å². The Bertz CT molecular complexity index is 1380. The average Bonchev–Trinajstić information content (AvgIpc) is 3.30. The number of nitrogens with one attached hydrogen (secondary N) is 3. The molecule has 1 saturated heterocycles. The zero-order chi connectivity index (χ0) is 27.3. The first-order chi connectivity index (χ1) is 18.7. The Morgan fingerprint density at radius 2 is 1.97 bits per heavy atom. The van der Waals surface area contributed by atoms with Crippen LogP contribution in [-0.2, 0) is 12.8 Å². The smallest absolute Gasteiger partial charge is 0.199 e. The van der Waals surface area contributed by atoms with Gasteiger partial charge >= 0.3 is 0 Å². The van der Waals surface area contributed by atoms with Crippen molar-refractivity contribution in [2.24, 2.45) is 28.2 Å². The number of guanidine groups is 1. The van der Waals surface area contributed by atoms with Crippen molar-refractivity contribution in [3.63, 3.8) is 0 Å². The highest BCUT2D eigenvalue weighted by Crippen LogP contribution is 2.61. The molecule has 0 unspecified atom stereocenters. The molecule has 4 aliphatic rings. The van der Waals surface area contributed by atoms with Crippen LogP contribution >= 0.6 is 23.2 Å². The fraction of sp³-hybridized carbons (Fsp3) is 0.548. The van der Waals surface area contributed by atoms with Crippen LogP contribution in [0.3, 0.4) is 0 Å². The maximum absolute atomic E-state index is 6.38. The number of aromatic amines is 1. The molecule has 3 N–H and O–H groups in total. The van der Waals surface area contributed by atoms with E-state index in [-0.39, 0.29) is 0 Å². The van der Waals surface area contributed by atoms with E-state index in [1.165, 1.54) is 12.8 Å². The summed E-state index contributed by atoms with van der Waals surface area (Å²) in [5.74, 6) is 4.19. The number of hydrogen-bond acceptors (Lipinski definition) is 3. The summed E-state index contributed by atoms with van der Waals surface area (Å²) in [5, 5.41) is 8.87. The number of aromatic nitrogens is 2. The zero-order valence-electron chi connectivity index (χ0n) is 23.4. The Labute approximate surface area is 242 Å². The van der Waals surface area contributed by atoms with E-state index in [1.807, 2.05) is 12.1 Å². The summed E-state index contributed by atoms with van der Waals surface area (Å²) in [4.78, 5) is 16.0. The number of piperazine rings is 1. The molecule has 1 aromatic heterocycles. The minimum Gasteiger partial charge on any atom is -0.353 e. The lowest BCUT2D eigenvalue weighted by atomic mass is 9.45. The van der Waals surface area contributed by atoms with Gasteiger partial charge in [0, 0.05) is 48.2 Å². The number of nitrogens with zero attached hydrogens (tertiary/aromatic N) is 3. The van der Waals surface area contributed by atoms with Gasteiger partial charge in [-0.1, -0.05) is 50.0 Å². The SMILES string of the molecule is C[C@H]1[C@@H](NC(=Nc2ccc3[nH]c(CCc4ccc(Cl)cc4Cl)nc3c2)N2CCN[C@@H](C)C2)C[C@@H]2C[C@@H]1C2(C)C. The van der Waals surface area contributed by atoms with Gasteiger partial charge in [-0.15, -0.1) is 0 Å². The second kappa shape index (κ2) is 10.6. The van der Waals surface area contributed by atoms with Gasteiger partial charge in [-0.3, -0.25) is 0 Å². The van der Waals surface area contributed by atoms with Crippen LogP contribution in [0.2, 0.25) is 10.0 Å². The van der Waals surface area contributed by atoms with Crippen LogP contribution in [0.25, 0.3) is 11.0 Å². The molecule has 0 amide bonds. The lowest BCUT2D eigenvalue weighted by molar-refractivity contribution is -0.112. The van der Waals surface area contributed by atoms with E-state index in [9.17, 15) is 0 Å². The van der Waals surface area contributed by atoms with Crippen molar-refractivity contribution < 1.29 is 0 Å². The van der Waals surface area contributed by atoms with Crippen LogP contribution in [0.1, 0.15) is 51.9 Å². The number of halogens is 2. The molecule has 1 aliphatic heterocycles. The third-order valence-corrected chi connectivity index (χ3v) is 10.3. The number of hydrogen-bond donors (Lipinski definition) is 3. The highest BCUT2D eigenvalue weighted by molar-refractivity contribution is 6.35. The monoisotopic (exact) mass is 566 g/mol. The van der Waals surface area contributed by atoms with Crippen molar-refractivity contribution in [2.45, 2.75) is 65.5 Å². The van der Waals surface area contributed by atoms with E-state index < -0.39 is 0 Å². The molecule has 2 aromatic carbocycles. The molecule has 2 bridgehead atoms. The van der Waals surface area contributed by atoms with Crippen molar-refractivity contribution >= 4 is 45.9 Å². The fourth-order valence-electron chi connectivity index (χ4n) is 7.16. The van der Waals surface area contributed by atoms with Crippen LogP contribution in [0, 0.1) is 23.2 Å². The molecule has 6 nitrogen and oxygen atoms in total. The molecule has 5 atom stereocenters. The maximum atomic E-state index is 6.38. The number of aliphatic imine (C=N–C) groups is 1. The van der Waals surface area contributed by atoms with E-state index in [4.69, 9.17) is 33.2 Å². The molecular weight excluding hydrogens is 527 g/mol. The lowest BCUT2D eigenvalue weighted by Crippen LogP contribution is -2.63. The Balaban J connectivity index is 1.22. The Hall–Kier alpha value is -2.28. The molecule has 39 heavy (non-hydrogen) atoms. The number of aryl methyl sites for hydroxylation is 2. The Kier molecular flexibility index (Phi) is 7.32. The van der Waals surface area contributed by atoms with Crippen LogP contribution < -0.4 is 10.6 Å². The van der Waals surface area contributed by atoms with Crippen LogP contribution in [0.15, 0.2) is 41.4 Å². The molecule has 4 fully saturated rings. The number of H-pyrrole nitrogens is 1. The second-order valence-corrected chi connectivity index (χ2v) is 13.4. The molecular formula is C31H40Cl2N6. The summed E-state index contributed by atoms with van der Waals surface area (Å²) < 4.78 is 0. The third-order valence-electron chi connectivity index (χ3n) is 9.73. The number of fused-ring (bicyclic) bond motifs is 3. The second-order valence-electron chi connectivity index (χ2n) is 12.6. The minimum atomic E-state index is 0.437. The van der Waals surface area contributed by atoms with E-state index >= 15 is 0 Å². The number of rotatable bonds is 5. The van der Waals surface area contributed by atoms with E-state index in [0.717, 1.165) is 78.4 Å². The molecule has 3 saturated carbocycles. The van der Waals surface area contributed by atoms with Crippen molar-refractivity contribution in [2.75, 3.05) is 19.6 Å². The Morgan fingerprint density at radius 1 is 1.13 bits per heavy atom. The normalized spacial score (nSPS) is 28.4. The molecule has 8 heteroatoms. The van der Waals surface area contributed by atoms with Gasteiger partial charge in [0.15, 0.2) is 5.96 Å². The van der Waals surface area contributed by atoms with Gasteiger partial charge in [0.2, 0.25) is 0 Å². The first-order valence-electron chi connectivity index (χ1n) is 14.4. The molecule has 7 rings (SSSR count). The zero-order valence-corrected chi connectivity index (χ0v) is 24.9. The summed E-state index contributed by atoms with van der Waals surface area (Å²) >= 11 is 12.4. The van der Waals surface area contributed by atoms with Crippen LogP contribution in [0.5, 0.6) is 0 Å². The summed E-state index contributed by atoms with van der Waals surface area (Å²) in [6.07, 6.45) is 4.18. The highest BCUT2D eigenvalue weighted by atomic mass is 35.5. The predicted molar refractivity (Wildman–Crippen MR) is 162 cm³/mol. The van der Waals surface area contributed by atoms with E-state index in [1.54, 1.807) is 6.07 Å². The number of benzene rings is 2. The predicted octanol–water partition coefficient (Wildman–Crippen LogP) is 6.60. The summed E-state index contributed by atoms with van der Waals surface area (Å²) in [6.45, 7) is 12.5. The first-order valence-corrected chi connectivity index (χ1v) is 15.2. The highest BCUT2D eigenvalue weighted by Gasteiger charge is 2.56. The van der Waals surface area contributed by atoms with Gasteiger partial charge < -0.3 is 20.5 Å². The molecule has 3 aromatic rings. The quantitative estimate of drug-likeness (QED) is 0.240. The van der Waals surface area contributed by atoms with Gasteiger partial charge in [-0.05, 0) is 85.3 Å². The largest absolute Gasteiger partial charge is 0.353 e. The summed E-state index contributed by atoms with van der Waals surface area (Å²) in [6, 6.07) is 12.9. The van der Waals surface area contributed by atoms with Crippen molar-refractivity contribution in [3.05, 3.63) is 57.8 Å². The van der Waals surface area contributed by atoms with Crippen molar-refractivity contribution in [3.8, 4) is 0 Å². The summed E-state index contributed by atoms with van der Waals surface area (Å²) in [5.41, 5.74) is 4.45. The van der Waals surface area contributed by atoms with E-state index in [2.05, 4.69) is 66.4 Å². The average molecular weight is 568 g/mol. The molecule has 208 valence electrons. The summed E-state index contributed by atoms with van der Waals surface area (Å²) in [7, 11) is 0. The number of imidazole rings is 1. The van der Waals surface area contributed by atoms with Gasteiger partial charge in [0.25, 0.3) is 0 Å². The van der Waals surface area contributed by atoms with Crippen molar-refractivity contribution in [1.82, 2.24) is 25.5 Å². The van der Waals surface area contributed by atoms with Crippen molar-refractivity contribution in [1.29, 1.82) is 0 Å². The van der Waals surface area contributed by atoms with E-state index in [0.29, 0.717) is 33.5 Å². The lowest BCUT2D eigenvalue weighted by Gasteiger charge is -2.62. The van der Waals surface area contributed by atoms with Gasteiger partial charge in [-0.2, -0.15) is 0 Å². The fourth-order valence-corrected chi connectivity index (χ4v) is 7.66. The maximum Gasteiger partial charge on any atom is 0.199 e. The van der Waals surface area contributed by atoms with Crippen LogP contribution in [0.4, 0.5) is 5.69 Å². The Morgan fingerprint density at radius 3 is 2.72 bits per heavy atom. The topological polar surface area (TPSA) is 68.3 Å². The molecule has 0 radical (unpaired) electrons. The third kappa shape index (κ3) is 5.40.